The average Bonchev–Trinajstić information content (AvgIpc) is 2.95. The van der Waals surface area contributed by atoms with Crippen LogP contribution in [0.1, 0.15) is 29.2 Å². The molecule has 2 aromatic carbocycles. The number of ether oxygens (including phenoxy) is 1. The summed E-state index contributed by atoms with van der Waals surface area (Å²) in [7, 11) is 0. The number of nitrogens with zero attached hydrogens (tertiary/aromatic N) is 4. The number of amides is 3. The quantitative estimate of drug-likeness (QED) is 0.302. The van der Waals surface area contributed by atoms with Gasteiger partial charge in [-0.1, -0.05) is 30.3 Å². The van der Waals surface area contributed by atoms with Gasteiger partial charge in [-0.05, 0) is 42.1 Å². The summed E-state index contributed by atoms with van der Waals surface area (Å²) in [5.74, 6) is -2.06. The number of carbonyl (C=O) groups is 3. The van der Waals surface area contributed by atoms with E-state index in [1.807, 2.05) is 0 Å². The number of hydrogen-bond acceptors (Lipinski definition) is 7. The second-order valence-electron chi connectivity index (χ2n) is 9.97. The molecule has 2 aliphatic heterocycles. The third-order valence-corrected chi connectivity index (χ3v) is 7.00. The second kappa shape index (κ2) is 12.1. The van der Waals surface area contributed by atoms with Crippen LogP contribution in [0.4, 0.5) is 31.1 Å². The minimum Gasteiger partial charge on any atom is -0.861 e. The molecule has 3 atom stereocenters. The number of piperazine rings is 1. The Bertz CT molecular complexity index is 1370. The van der Waals surface area contributed by atoms with Crippen LogP contribution >= 0.6 is 0 Å². The average molecular weight is 615 g/mol. The van der Waals surface area contributed by atoms with Gasteiger partial charge in [0, 0.05) is 13.1 Å². The van der Waals surface area contributed by atoms with Crippen LogP contribution in [0.3, 0.4) is 0 Å². The van der Waals surface area contributed by atoms with Crippen molar-refractivity contribution in [3.63, 3.8) is 0 Å². The normalized spacial score (nSPS) is 21.6. The lowest BCUT2D eigenvalue weighted by Crippen LogP contribution is -2.73. The van der Waals surface area contributed by atoms with E-state index in [9.17, 15) is 45.8 Å². The largest absolute Gasteiger partial charge is 0.861 e. The Kier molecular flexibility index (Phi) is 8.89. The van der Waals surface area contributed by atoms with Gasteiger partial charge in [-0.3, -0.25) is 19.5 Å². The summed E-state index contributed by atoms with van der Waals surface area (Å²) in [4.78, 5) is 47.0. The third kappa shape index (κ3) is 7.01. The number of benzene rings is 2. The van der Waals surface area contributed by atoms with E-state index in [2.05, 4.69) is 4.99 Å². The zero-order chi connectivity index (χ0) is 31.7. The predicted molar refractivity (Wildman–Crippen MR) is 136 cm³/mol. The monoisotopic (exact) mass is 614 g/mol. The lowest BCUT2D eigenvalue weighted by molar-refractivity contribution is -0.218. The summed E-state index contributed by atoms with van der Waals surface area (Å²) in [5, 5.41) is 11.9. The highest BCUT2D eigenvalue weighted by molar-refractivity contribution is 5.94. The van der Waals surface area contributed by atoms with Gasteiger partial charge >= 0.3 is 18.4 Å². The minimum absolute atomic E-state index is 0.0538. The molecule has 2 heterocycles. The summed E-state index contributed by atoms with van der Waals surface area (Å²) >= 11 is 0. The van der Waals surface area contributed by atoms with Gasteiger partial charge in [-0.15, -0.1) is 0 Å². The Morgan fingerprint density at radius 1 is 0.977 bits per heavy atom. The topological polar surface area (TPSA) is 132 Å². The molecule has 2 fully saturated rings. The number of rotatable bonds is 6. The molecule has 0 aliphatic carbocycles. The van der Waals surface area contributed by atoms with Crippen LogP contribution in [-0.4, -0.2) is 76.4 Å². The van der Waals surface area contributed by atoms with Crippen molar-refractivity contribution in [2.45, 2.75) is 50.7 Å². The lowest BCUT2D eigenvalue weighted by Gasteiger charge is -2.52. The highest BCUT2D eigenvalue weighted by atomic mass is 19.4. The number of nitrogens with two attached hydrogens (primary N) is 1. The highest BCUT2D eigenvalue weighted by Gasteiger charge is 2.51. The smallest absolute Gasteiger partial charge is 0.416 e. The number of hydrogen-bond donors (Lipinski definition) is 1. The minimum atomic E-state index is -5.11. The fourth-order valence-electron chi connectivity index (χ4n) is 4.96. The summed E-state index contributed by atoms with van der Waals surface area (Å²) < 4.78 is 84.9. The van der Waals surface area contributed by atoms with Crippen LogP contribution in [0.15, 0.2) is 53.5 Å². The Morgan fingerprint density at radius 2 is 1.58 bits per heavy atom. The maximum atomic E-state index is 13.3. The fraction of sp³-hybridized carbons (Fsp3) is 0.407. The van der Waals surface area contributed by atoms with E-state index in [0.29, 0.717) is 12.1 Å². The van der Waals surface area contributed by atoms with E-state index < -0.39 is 90.8 Å². The Hall–Kier alpha value is -4.34. The molecule has 0 saturated carbocycles. The van der Waals surface area contributed by atoms with Crippen LogP contribution in [0, 0.1) is 0 Å². The molecule has 232 valence electrons. The highest BCUT2D eigenvalue weighted by Crippen LogP contribution is 2.36. The molecule has 0 bridgehead atoms. The molecule has 3 amide bonds. The summed E-state index contributed by atoms with van der Waals surface area (Å²) in [6.07, 6.45) is -12.6. The molecule has 2 aliphatic rings. The SMILES string of the molecule is C[C@H]1C(=O)N(Cc2ccccc2)C[C@@H]2N(C(=O)OCc3cc(C(F)(F)F)cc(C(F)(F)F)c3)C[C@H](N=C([O-])CN)C(=O)N21. The second-order valence-corrected chi connectivity index (χ2v) is 9.97. The van der Waals surface area contributed by atoms with Crippen molar-refractivity contribution in [2.75, 3.05) is 19.6 Å². The number of alkyl halides is 6. The molecule has 0 aromatic heterocycles. The van der Waals surface area contributed by atoms with Crippen LogP contribution in [-0.2, 0) is 39.8 Å². The van der Waals surface area contributed by atoms with Crippen molar-refractivity contribution >= 4 is 23.8 Å². The summed E-state index contributed by atoms with van der Waals surface area (Å²) in [6.45, 7) is -0.695. The molecule has 0 radical (unpaired) electrons. The molecule has 0 unspecified atom stereocenters. The third-order valence-electron chi connectivity index (χ3n) is 7.00. The van der Waals surface area contributed by atoms with Gasteiger partial charge in [0.15, 0.2) is 0 Å². The molecule has 2 saturated heterocycles. The van der Waals surface area contributed by atoms with Crippen LogP contribution in [0.5, 0.6) is 0 Å². The van der Waals surface area contributed by atoms with Gasteiger partial charge in [0.2, 0.25) is 5.91 Å². The van der Waals surface area contributed by atoms with E-state index in [4.69, 9.17) is 10.5 Å². The maximum absolute atomic E-state index is 13.3. The zero-order valence-electron chi connectivity index (χ0n) is 22.6. The number of carbonyl (C=O) groups excluding carboxylic acids is 3. The van der Waals surface area contributed by atoms with E-state index in [1.165, 1.54) is 11.8 Å². The van der Waals surface area contributed by atoms with Gasteiger partial charge in [-0.2, -0.15) is 26.3 Å². The van der Waals surface area contributed by atoms with E-state index in [0.717, 1.165) is 15.4 Å². The van der Waals surface area contributed by atoms with Gasteiger partial charge in [0.1, 0.15) is 24.9 Å². The molecule has 2 aromatic rings. The standard InChI is InChI=1S/C27H27F6N5O5/c1-15-23(40)36(11-16-5-3-2-4-6-16)13-22-37(12-20(24(41)38(15)22)35-21(39)10-34)25(42)43-14-17-7-18(26(28,29)30)9-19(8-17)27(31,32)33/h2-9,15,20,22H,10-14,34H2,1H3,(H,35,39)/p-1/t15-,20-,22+/m0/s1. The molecule has 10 nitrogen and oxygen atoms in total. The van der Waals surface area contributed by atoms with Gasteiger partial charge in [-0.25, -0.2) is 4.79 Å². The maximum Gasteiger partial charge on any atom is 0.416 e. The zero-order valence-corrected chi connectivity index (χ0v) is 22.6. The molecular formula is C27H26F6N5O5-. The van der Waals surface area contributed by atoms with Gasteiger partial charge in [0.05, 0.1) is 24.2 Å². The molecule has 43 heavy (non-hydrogen) atoms. The first-order valence-electron chi connectivity index (χ1n) is 12.9. The van der Waals surface area contributed by atoms with E-state index in [-0.39, 0.29) is 19.2 Å². The van der Waals surface area contributed by atoms with E-state index >= 15 is 0 Å². The van der Waals surface area contributed by atoms with Crippen molar-refractivity contribution in [3.05, 3.63) is 70.8 Å². The molecular weight excluding hydrogens is 588 g/mol. The van der Waals surface area contributed by atoms with Crippen LogP contribution in [0.2, 0.25) is 0 Å². The van der Waals surface area contributed by atoms with Gasteiger partial charge in [0.25, 0.3) is 5.91 Å². The van der Waals surface area contributed by atoms with Gasteiger partial charge < -0.3 is 25.4 Å². The number of fused-ring (bicyclic) bond motifs is 1. The Balaban J connectivity index is 1.64. The van der Waals surface area contributed by atoms with Crippen LogP contribution in [0.25, 0.3) is 0 Å². The van der Waals surface area contributed by atoms with E-state index in [1.54, 1.807) is 30.3 Å². The molecule has 0 spiro atoms. The van der Waals surface area contributed by atoms with Crippen molar-refractivity contribution in [1.29, 1.82) is 0 Å². The first-order chi connectivity index (χ1) is 20.1. The van der Waals surface area contributed by atoms with Crippen molar-refractivity contribution in [2.24, 2.45) is 10.7 Å². The Morgan fingerprint density at radius 3 is 2.14 bits per heavy atom. The molecule has 16 heteroatoms. The van der Waals surface area contributed by atoms with Crippen molar-refractivity contribution in [3.8, 4) is 0 Å². The molecule has 2 N–H and O–H groups in total. The summed E-state index contributed by atoms with van der Waals surface area (Å²) in [5.41, 5.74) is 2.30. The Labute approximate surface area is 241 Å². The summed E-state index contributed by atoms with van der Waals surface area (Å²) in [6, 6.07) is 7.03. The van der Waals surface area contributed by atoms with Crippen molar-refractivity contribution in [1.82, 2.24) is 14.7 Å². The first-order valence-corrected chi connectivity index (χ1v) is 12.9. The van der Waals surface area contributed by atoms with Crippen LogP contribution < -0.4 is 10.8 Å². The number of halogens is 6. The fourth-order valence-corrected chi connectivity index (χ4v) is 4.96. The lowest BCUT2D eigenvalue weighted by atomic mass is 10.0. The molecule has 4 rings (SSSR count). The predicted octanol–water partition coefficient (Wildman–Crippen LogP) is 2.35. The van der Waals surface area contributed by atoms with Crippen molar-refractivity contribution < 1.29 is 50.6 Å². The first kappa shape index (κ1) is 31.6. The number of aliphatic imine (C=N–C) groups is 1.